The van der Waals surface area contributed by atoms with E-state index in [4.69, 9.17) is 11.6 Å². The molecule has 1 aliphatic heterocycles. The van der Waals surface area contributed by atoms with Gasteiger partial charge in [-0.3, -0.25) is 9.59 Å². The number of hydrogen-bond acceptors (Lipinski definition) is 3. The van der Waals surface area contributed by atoms with Crippen LogP contribution in [0.3, 0.4) is 0 Å². The van der Waals surface area contributed by atoms with Crippen molar-refractivity contribution in [3.05, 3.63) is 94.3 Å². The van der Waals surface area contributed by atoms with E-state index in [1.165, 1.54) is 28.8 Å². The lowest BCUT2D eigenvalue weighted by atomic mass is 10.1. The van der Waals surface area contributed by atoms with Crippen molar-refractivity contribution < 1.29 is 14.0 Å². The number of halogens is 2. The summed E-state index contributed by atoms with van der Waals surface area (Å²) >= 11 is 7.56. The first-order valence-electron chi connectivity index (χ1n) is 9.35. The van der Waals surface area contributed by atoms with E-state index < -0.39 is 5.82 Å². The molecule has 0 saturated carbocycles. The molecule has 2 amide bonds. The fourth-order valence-electron chi connectivity index (χ4n) is 3.24. The highest BCUT2D eigenvalue weighted by molar-refractivity contribution is 8.00. The number of rotatable bonds is 5. The third-order valence-electron chi connectivity index (χ3n) is 4.84. The summed E-state index contributed by atoms with van der Waals surface area (Å²) in [5.74, 6) is -0.618. The number of fused-ring (bicyclic) bond motifs is 1. The van der Waals surface area contributed by atoms with E-state index >= 15 is 0 Å². The highest BCUT2D eigenvalue weighted by Crippen LogP contribution is 2.37. The topological polar surface area (TPSA) is 49.4 Å². The quantitative estimate of drug-likeness (QED) is 0.604. The van der Waals surface area contributed by atoms with Crippen LogP contribution in [0.1, 0.15) is 21.5 Å². The molecule has 4 nitrogen and oxygen atoms in total. The van der Waals surface area contributed by atoms with E-state index in [9.17, 15) is 14.0 Å². The number of benzene rings is 3. The largest absolute Gasteiger partial charge is 0.348 e. The van der Waals surface area contributed by atoms with Gasteiger partial charge in [-0.05, 0) is 35.9 Å². The predicted molar refractivity (Wildman–Crippen MR) is 117 cm³/mol. The Morgan fingerprint density at radius 1 is 1.10 bits per heavy atom. The van der Waals surface area contributed by atoms with Gasteiger partial charge in [0.15, 0.2) is 0 Å². The molecule has 1 heterocycles. The van der Waals surface area contributed by atoms with E-state index in [0.29, 0.717) is 17.8 Å². The molecule has 0 fully saturated rings. The number of carbonyl (C=O) groups is 2. The molecule has 0 saturated heterocycles. The van der Waals surface area contributed by atoms with Crippen molar-refractivity contribution >= 4 is 40.9 Å². The average molecular weight is 441 g/mol. The van der Waals surface area contributed by atoms with Crippen LogP contribution in [0.25, 0.3) is 0 Å². The summed E-state index contributed by atoms with van der Waals surface area (Å²) in [4.78, 5) is 27.6. The molecule has 0 aromatic heterocycles. The second-order valence-electron chi connectivity index (χ2n) is 6.82. The van der Waals surface area contributed by atoms with E-state index in [1.54, 1.807) is 18.2 Å². The smallest absolute Gasteiger partial charge is 0.251 e. The minimum atomic E-state index is -0.466. The first-order valence-corrected chi connectivity index (χ1v) is 10.7. The van der Waals surface area contributed by atoms with Gasteiger partial charge in [0.2, 0.25) is 5.91 Å². The summed E-state index contributed by atoms with van der Waals surface area (Å²) < 4.78 is 14.3. The third-order valence-corrected chi connectivity index (χ3v) is 6.24. The lowest BCUT2D eigenvalue weighted by molar-refractivity contribution is -0.116. The average Bonchev–Trinajstić information content (AvgIpc) is 2.76. The molecule has 4 rings (SSSR count). The summed E-state index contributed by atoms with van der Waals surface area (Å²) in [6.07, 6.45) is 0. The maximum Gasteiger partial charge on any atom is 0.251 e. The second-order valence-corrected chi connectivity index (χ2v) is 8.24. The number of carbonyl (C=O) groups excluding carboxylic acids is 2. The Hall–Kier alpha value is -2.83. The van der Waals surface area contributed by atoms with Gasteiger partial charge in [-0.15, -0.1) is 11.8 Å². The zero-order valence-electron chi connectivity index (χ0n) is 15.9. The van der Waals surface area contributed by atoms with Crippen LogP contribution in [0.4, 0.5) is 10.1 Å². The standard InChI is InChI=1S/C23H18ClFN2O2S/c24-18-7-4-8-19(25)17(18)13-27-20-11-16(9-10-21(20)30-14-22(27)28)23(29)26-12-15-5-2-1-3-6-15/h1-11H,12-14H2,(H,26,29). The van der Waals surface area contributed by atoms with Gasteiger partial charge in [0.05, 0.1) is 18.0 Å². The molecule has 7 heteroatoms. The van der Waals surface area contributed by atoms with Crippen molar-refractivity contribution in [2.45, 2.75) is 18.0 Å². The van der Waals surface area contributed by atoms with Gasteiger partial charge >= 0.3 is 0 Å². The van der Waals surface area contributed by atoms with E-state index in [-0.39, 0.29) is 34.7 Å². The van der Waals surface area contributed by atoms with Crippen LogP contribution in [-0.4, -0.2) is 17.6 Å². The first kappa shape index (κ1) is 20.4. The number of nitrogens with one attached hydrogen (secondary N) is 1. The Balaban J connectivity index is 1.59. The SMILES string of the molecule is O=C(NCc1ccccc1)c1ccc2c(c1)N(Cc1c(F)cccc1Cl)C(=O)CS2. The van der Waals surface area contributed by atoms with Gasteiger partial charge in [0, 0.05) is 27.6 Å². The molecule has 1 aliphatic rings. The summed E-state index contributed by atoms with van der Waals surface area (Å²) in [6, 6.07) is 19.3. The van der Waals surface area contributed by atoms with Gasteiger partial charge in [0.1, 0.15) is 5.82 Å². The van der Waals surface area contributed by atoms with Crippen molar-refractivity contribution in [2.75, 3.05) is 10.7 Å². The predicted octanol–water partition coefficient (Wildman–Crippen LogP) is 5.05. The number of anilines is 1. The highest BCUT2D eigenvalue weighted by atomic mass is 35.5. The minimum Gasteiger partial charge on any atom is -0.348 e. The zero-order chi connectivity index (χ0) is 21.1. The van der Waals surface area contributed by atoms with Gasteiger partial charge in [-0.25, -0.2) is 4.39 Å². The van der Waals surface area contributed by atoms with Gasteiger partial charge < -0.3 is 10.2 Å². The Labute approximate surface area is 183 Å². The van der Waals surface area contributed by atoms with Gasteiger partial charge in [0.25, 0.3) is 5.91 Å². The number of thioether (sulfide) groups is 1. The summed E-state index contributed by atoms with van der Waals surface area (Å²) in [5, 5.41) is 3.15. The molecule has 30 heavy (non-hydrogen) atoms. The van der Waals surface area contributed by atoms with Crippen LogP contribution in [0.15, 0.2) is 71.6 Å². The van der Waals surface area contributed by atoms with Crippen molar-refractivity contribution in [3.63, 3.8) is 0 Å². The molecule has 3 aromatic rings. The second kappa shape index (κ2) is 8.90. The van der Waals surface area contributed by atoms with Crippen molar-refractivity contribution in [1.29, 1.82) is 0 Å². The summed E-state index contributed by atoms with van der Waals surface area (Å²) in [6.45, 7) is 0.409. The van der Waals surface area contributed by atoms with E-state index in [1.807, 2.05) is 36.4 Å². The fraction of sp³-hybridized carbons (Fsp3) is 0.130. The first-order chi connectivity index (χ1) is 14.5. The molecule has 0 aliphatic carbocycles. The number of hydrogen-bond donors (Lipinski definition) is 1. The lowest BCUT2D eigenvalue weighted by Crippen LogP contribution is -2.35. The molecule has 3 aromatic carbocycles. The van der Waals surface area contributed by atoms with Crippen LogP contribution in [-0.2, 0) is 17.9 Å². The Bertz CT molecular complexity index is 1090. The molecular weight excluding hydrogens is 423 g/mol. The number of nitrogens with zero attached hydrogens (tertiary/aromatic N) is 1. The van der Waals surface area contributed by atoms with Crippen molar-refractivity contribution in [3.8, 4) is 0 Å². The Morgan fingerprint density at radius 2 is 1.90 bits per heavy atom. The Morgan fingerprint density at radius 3 is 2.67 bits per heavy atom. The maximum atomic E-state index is 14.3. The molecule has 152 valence electrons. The lowest BCUT2D eigenvalue weighted by Gasteiger charge is -2.30. The Kier molecular flexibility index (Phi) is 6.06. The van der Waals surface area contributed by atoms with Crippen LogP contribution in [0.2, 0.25) is 5.02 Å². The van der Waals surface area contributed by atoms with Crippen molar-refractivity contribution in [2.24, 2.45) is 0 Å². The molecule has 0 radical (unpaired) electrons. The van der Waals surface area contributed by atoms with Crippen LogP contribution in [0.5, 0.6) is 0 Å². The van der Waals surface area contributed by atoms with Crippen LogP contribution < -0.4 is 10.2 Å². The van der Waals surface area contributed by atoms with Gasteiger partial charge in [-0.1, -0.05) is 48.0 Å². The monoisotopic (exact) mass is 440 g/mol. The molecule has 0 unspecified atom stereocenters. The third kappa shape index (κ3) is 4.35. The van der Waals surface area contributed by atoms with Gasteiger partial charge in [-0.2, -0.15) is 0 Å². The van der Waals surface area contributed by atoms with Crippen LogP contribution in [0, 0.1) is 5.82 Å². The zero-order valence-corrected chi connectivity index (χ0v) is 17.5. The van der Waals surface area contributed by atoms with Crippen molar-refractivity contribution in [1.82, 2.24) is 5.32 Å². The summed E-state index contributed by atoms with van der Waals surface area (Å²) in [7, 11) is 0. The molecule has 0 bridgehead atoms. The minimum absolute atomic E-state index is 0.00693. The number of amides is 2. The molecule has 0 spiro atoms. The maximum absolute atomic E-state index is 14.3. The normalized spacial score (nSPS) is 13.1. The molecule has 0 atom stereocenters. The molecule has 1 N–H and O–H groups in total. The highest BCUT2D eigenvalue weighted by Gasteiger charge is 2.27. The van der Waals surface area contributed by atoms with E-state index in [0.717, 1.165) is 10.5 Å². The fourth-order valence-corrected chi connectivity index (χ4v) is 4.38. The molecular formula is C23H18ClFN2O2S. The van der Waals surface area contributed by atoms with E-state index in [2.05, 4.69) is 5.32 Å². The summed E-state index contributed by atoms with van der Waals surface area (Å²) in [5.41, 5.74) is 2.27. The van der Waals surface area contributed by atoms with Crippen LogP contribution >= 0.6 is 23.4 Å².